The summed E-state index contributed by atoms with van der Waals surface area (Å²) in [5, 5.41) is 10.5. The topological polar surface area (TPSA) is 68.5 Å². The Hall–Kier alpha value is -3.21. The highest BCUT2D eigenvalue weighted by Gasteiger charge is 2.34. The molecule has 2 atom stereocenters. The van der Waals surface area contributed by atoms with E-state index in [2.05, 4.69) is 82.8 Å². The van der Waals surface area contributed by atoms with Crippen LogP contribution in [0.5, 0.6) is 0 Å². The zero-order valence-corrected chi connectivity index (χ0v) is 20.4. The highest BCUT2D eigenvalue weighted by atomic mass is 16.5. The average molecular weight is 457 g/mol. The van der Waals surface area contributed by atoms with Crippen LogP contribution in [0.2, 0.25) is 0 Å². The summed E-state index contributed by atoms with van der Waals surface area (Å²) in [6.07, 6.45) is 2.04. The van der Waals surface area contributed by atoms with Crippen molar-refractivity contribution in [3.05, 3.63) is 59.5 Å². The van der Waals surface area contributed by atoms with Crippen molar-refractivity contribution in [2.24, 2.45) is 0 Å². The van der Waals surface area contributed by atoms with E-state index < -0.39 is 0 Å². The average Bonchev–Trinajstić information content (AvgIpc) is 2.79. The van der Waals surface area contributed by atoms with E-state index in [0.717, 1.165) is 60.7 Å². The summed E-state index contributed by atoms with van der Waals surface area (Å²) in [7, 11) is 2.18. The standard InChI is InChI=1S/C27H32N6O/c1-18-10-22(11-19(2)30-18)31(4)23-14-32(15-23)16-24-17-33(13-20(3)34-24)26-8-7-21(12-28)27-25(26)6-5-9-29-27/h5-11,20,23-24H,13-17H2,1-4H3. The van der Waals surface area contributed by atoms with Gasteiger partial charge in [0.15, 0.2) is 0 Å². The Kier molecular flexibility index (Phi) is 6.11. The van der Waals surface area contributed by atoms with Crippen LogP contribution in [-0.4, -0.2) is 72.9 Å². The fourth-order valence-corrected chi connectivity index (χ4v) is 5.32. The first-order valence-corrected chi connectivity index (χ1v) is 12.0. The van der Waals surface area contributed by atoms with Crippen LogP contribution in [-0.2, 0) is 4.74 Å². The van der Waals surface area contributed by atoms with E-state index in [9.17, 15) is 5.26 Å². The number of nitriles is 1. The van der Waals surface area contributed by atoms with Crippen LogP contribution in [0.1, 0.15) is 23.9 Å². The van der Waals surface area contributed by atoms with Gasteiger partial charge in [-0.05, 0) is 57.2 Å². The van der Waals surface area contributed by atoms with Gasteiger partial charge in [0.1, 0.15) is 6.07 Å². The number of benzene rings is 1. The lowest BCUT2D eigenvalue weighted by Crippen LogP contribution is -2.62. The maximum absolute atomic E-state index is 9.48. The predicted molar refractivity (Wildman–Crippen MR) is 135 cm³/mol. The Balaban J connectivity index is 1.25. The Morgan fingerprint density at radius 3 is 2.62 bits per heavy atom. The molecule has 0 radical (unpaired) electrons. The Morgan fingerprint density at radius 2 is 1.88 bits per heavy atom. The number of pyridine rings is 2. The lowest BCUT2D eigenvalue weighted by Gasteiger charge is -2.48. The number of fused-ring (bicyclic) bond motifs is 1. The molecule has 7 heteroatoms. The second kappa shape index (κ2) is 9.21. The van der Waals surface area contributed by atoms with Crippen LogP contribution in [0.15, 0.2) is 42.6 Å². The van der Waals surface area contributed by atoms with Crippen LogP contribution in [0.25, 0.3) is 10.9 Å². The van der Waals surface area contributed by atoms with E-state index in [1.807, 2.05) is 12.1 Å². The van der Waals surface area contributed by atoms with Crippen molar-refractivity contribution in [1.82, 2.24) is 14.9 Å². The molecule has 0 saturated carbocycles. The van der Waals surface area contributed by atoms with Gasteiger partial charge < -0.3 is 14.5 Å². The van der Waals surface area contributed by atoms with Gasteiger partial charge in [0.05, 0.1) is 29.3 Å². The lowest BCUT2D eigenvalue weighted by molar-refractivity contribution is -0.0431. The molecule has 7 nitrogen and oxygen atoms in total. The maximum Gasteiger partial charge on any atom is 0.101 e. The van der Waals surface area contributed by atoms with Crippen LogP contribution < -0.4 is 9.80 Å². The molecule has 4 heterocycles. The normalized spacial score (nSPS) is 21.3. The van der Waals surface area contributed by atoms with Crippen molar-refractivity contribution >= 4 is 22.3 Å². The number of likely N-dealkylation sites (tertiary alicyclic amines) is 1. The molecular weight excluding hydrogens is 424 g/mol. The minimum absolute atomic E-state index is 0.141. The van der Waals surface area contributed by atoms with Gasteiger partial charge in [-0.3, -0.25) is 14.9 Å². The number of aromatic nitrogens is 2. The number of likely N-dealkylation sites (N-methyl/N-ethyl adjacent to an activating group) is 1. The third-order valence-corrected chi connectivity index (χ3v) is 6.96. The molecular formula is C27H32N6O. The largest absolute Gasteiger partial charge is 0.370 e. The van der Waals surface area contributed by atoms with E-state index in [-0.39, 0.29) is 12.2 Å². The Morgan fingerprint density at radius 1 is 1.12 bits per heavy atom. The third kappa shape index (κ3) is 4.44. The summed E-state index contributed by atoms with van der Waals surface area (Å²) in [6.45, 7) is 10.9. The van der Waals surface area contributed by atoms with Crippen molar-refractivity contribution in [2.45, 2.75) is 39.0 Å². The monoisotopic (exact) mass is 456 g/mol. The molecule has 2 aromatic heterocycles. The summed E-state index contributed by atoms with van der Waals surface area (Å²) in [5.74, 6) is 0. The van der Waals surface area contributed by atoms with Gasteiger partial charge in [-0.1, -0.05) is 0 Å². The first-order chi connectivity index (χ1) is 16.4. The SMILES string of the molecule is Cc1cc(N(C)C2CN(CC3CN(c4ccc(C#N)c5ncccc45)CC(C)O3)C2)cc(C)n1. The number of aryl methyl sites for hydroxylation is 2. The fourth-order valence-electron chi connectivity index (χ4n) is 5.32. The van der Waals surface area contributed by atoms with E-state index in [1.165, 1.54) is 5.69 Å². The number of ether oxygens (including phenoxy) is 1. The van der Waals surface area contributed by atoms with Crippen LogP contribution in [0, 0.1) is 25.2 Å². The van der Waals surface area contributed by atoms with Gasteiger partial charge in [-0.25, -0.2) is 0 Å². The van der Waals surface area contributed by atoms with E-state index in [1.54, 1.807) is 6.20 Å². The van der Waals surface area contributed by atoms with Gasteiger partial charge in [-0.15, -0.1) is 0 Å². The van der Waals surface area contributed by atoms with Gasteiger partial charge in [-0.2, -0.15) is 5.26 Å². The summed E-state index contributed by atoms with van der Waals surface area (Å²) >= 11 is 0. The number of hydrogen-bond acceptors (Lipinski definition) is 7. The third-order valence-electron chi connectivity index (χ3n) is 6.96. The number of anilines is 2. The zero-order valence-electron chi connectivity index (χ0n) is 20.4. The molecule has 0 bridgehead atoms. The molecule has 0 spiro atoms. The summed E-state index contributed by atoms with van der Waals surface area (Å²) in [5.41, 5.74) is 5.89. The first-order valence-electron chi connectivity index (χ1n) is 12.0. The van der Waals surface area contributed by atoms with Crippen molar-refractivity contribution in [3.63, 3.8) is 0 Å². The van der Waals surface area contributed by atoms with Gasteiger partial charge in [0, 0.05) is 74.1 Å². The Labute approximate surface area is 201 Å². The van der Waals surface area contributed by atoms with Crippen molar-refractivity contribution in [2.75, 3.05) is 49.6 Å². The number of rotatable bonds is 5. The lowest BCUT2D eigenvalue weighted by atomic mass is 10.0. The molecule has 3 aromatic rings. The fraction of sp³-hybridized carbons (Fsp3) is 0.444. The van der Waals surface area contributed by atoms with Gasteiger partial charge in [0.25, 0.3) is 0 Å². The van der Waals surface area contributed by atoms with Crippen molar-refractivity contribution < 1.29 is 4.74 Å². The van der Waals surface area contributed by atoms with Crippen LogP contribution in [0.4, 0.5) is 11.4 Å². The van der Waals surface area contributed by atoms with Crippen molar-refractivity contribution in [1.29, 1.82) is 5.26 Å². The quantitative estimate of drug-likeness (QED) is 0.582. The first kappa shape index (κ1) is 22.6. The molecule has 2 aliphatic heterocycles. The summed E-state index contributed by atoms with van der Waals surface area (Å²) in [6, 6.07) is 15.1. The van der Waals surface area contributed by atoms with E-state index >= 15 is 0 Å². The second-order valence-electron chi connectivity index (χ2n) is 9.71. The van der Waals surface area contributed by atoms with Gasteiger partial charge >= 0.3 is 0 Å². The number of nitrogens with zero attached hydrogens (tertiary/aromatic N) is 6. The minimum atomic E-state index is 0.141. The van der Waals surface area contributed by atoms with Gasteiger partial charge in [0.2, 0.25) is 0 Å². The minimum Gasteiger partial charge on any atom is -0.370 e. The molecule has 1 aromatic carbocycles. The van der Waals surface area contributed by atoms with Crippen LogP contribution >= 0.6 is 0 Å². The molecule has 176 valence electrons. The van der Waals surface area contributed by atoms with Crippen LogP contribution in [0.3, 0.4) is 0 Å². The number of morpholine rings is 1. The summed E-state index contributed by atoms with van der Waals surface area (Å²) in [4.78, 5) is 16.2. The highest BCUT2D eigenvalue weighted by Crippen LogP contribution is 2.31. The predicted octanol–water partition coefficient (Wildman–Crippen LogP) is 3.53. The molecule has 0 aliphatic carbocycles. The Bertz CT molecular complexity index is 1210. The number of hydrogen-bond donors (Lipinski definition) is 0. The van der Waals surface area contributed by atoms with E-state index in [0.29, 0.717) is 11.6 Å². The molecule has 0 amide bonds. The molecule has 2 fully saturated rings. The highest BCUT2D eigenvalue weighted by molar-refractivity contribution is 5.95. The van der Waals surface area contributed by atoms with Crippen molar-refractivity contribution in [3.8, 4) is 6.07 Å². The molecule has 0 N–H and O–H groups in total. The molecule has 2 unspecified atom stereocenters. The van der Waals surface area contributed by atoms with E-state index in [4.69, 9.17) is 4.74 Å². The second-order valence-corrected chi connectivity index (χ2v) is 9.71. The summed E-state index contributed by atoms with van der Waals surface area (Å²) < 4.78 is 6.34. The molecule has 34 heavy (non-hydrogen) atoms. The molecule has 2 aliphatic rings. The molecule has 5 rings (SSSR count). The smallest absolute Gasteiger partial charge is 0.101 e. The molecule has 2 saturated heterocycles. The zero-order chi connectivity index (χ0) is 23.8. The maximum atomic E-state index is 9.48.